The molecule has 122 valence electrons. The number of fused-ring (bicyclic) bond motifs is 1. The second kappa shape index (κ2) is 6.81. The number of rotatable bonds is 4. The molecule has 0 aliphatic rings. The van der Waals surface area contributed by atoms with Crippen LogP contribution >= 0.6 is 11.6 Å². The summed E-state index contributed by atoms with van der Waals surface area (Å²) < 4.78 is 10.9. The zero-order chi connectivity index (χ0) is 17.1. The van der Waals surface area contributed by atoms with Gasteiger partial charge in [0.05, 0.1) is 14.2 Å². The van der Waals surface area contributed by atoms with Crippen LogP contribution in [0.1, 0.15) is 10.4 Å². The molecule has 0 heterocycles. The van der Waals surface area contributed by atoms with E-state index in [1.807, 2.05) is 42.5 Å². The molecule has 0 unspecified atom stereocenters. The molecule has 0 aliphatic carbocycles. The zero-order valence-electron chi connectivity index (χ0n) is 13.3. The number of ether oxygens (including phenoxy) is 2. The van der Waals surface area contributed by atoms with Gasteiger partial charge in [0.2, 0.25) is 0 Å². The van der Waals surface area contributed by atoms with Gasteiger partial charge in [-0.1, -0.05) is 41.9 Å². The van der Waals surface area contributed by atoms with E-state index in [0.717, 1.165) is 10.8 Å². The van der Waals surface area contributed by atoms with E-state index in [1.54, 1.807) is 12.1 Å². The van der Waals surface area contributed by atoms with Crippen LogP contribution in [0.15, 0.2) is 54.6 Å². The van der Waals surface area contributed by atoms with Crippen molar-refractivity contribution in [3.05, 3.63) is 65.2 Å². The average molecular weight is 342 g/mol. The maximum absolute atomic E-state index is 12.8. The Kier molecular flexibility index (Phi) is 4.58. The summed E-state index contributed by atoms with van der Waals surface area (Å²) >= 11 is 6.26. The summed E-state index contributed by atoms with van der Waals surface area (Å²) in [6.45, 7) is 0. The van der Waals surface area contributed by atoms with Crippen LogP contribution in [0, 0.1) is 0 Å². The smallest absolute Gasteiger partial charge is 0.263 e. The van der Waals surface area contributed by atoms with Crippen LogP contribution in [0.3, 0.4) is 0 Å². The van der Waals surface area contributed by atoms with Crippen LogP contribution in [0.2, 0.25) is 5.02 Å². The molecule has 0 saturated carbocycles. The third-order valence-electron chi connectivity index (χ3n) is 3.73. The highest BCUT2D eigenvalue weighted by Crippen LogP contribution is 2.39. The van der Waals surface area contributed by atoms with Crippen LogP contribution in [-0.2, 0) is 0 Å². The van der Waals surface area contributed by atoms with Crippen molar-refractivity contribution >= 4 is 34.0 Å². The topological polar surface area (TPSA) is 47.6 Å². The van der Waals surface area contributed by atoms with Crippen LogP contribution in [-0.4, -0.2) is 20.1 Å². The lowest BCUT2D eigenvalue weighted by atomic mass is 10.0. The highest BCUT2D eigenvalue weighted by atomic mass is 35.5. The number of hydrogen-bond donors (Lipinski definition) is 1. The normalized spacial score (nSPS) is 10.5. The number of anilines is 1. The summed E-state index contributed by atoms with van der Waals surface area (Å²) in [5.74, 6) is 0.526. The second-order valence-corrected chi connectivity index (χ2v) is 5.55. The molecule has 0 atom stereocenters. The molecule has 0 aromatic heterocycles. The molecule has 0 saturated heterocycles. The summed E-state index contributed by atoms with van der Waals surface area (Å²) in [6, 6.07) is 16.4. The van der Waals surface area contributed by atoms with Crippen molar-refractivity contribution < 1.29 is 14.3 Å². The van der Waals surface area contributed by atoms with E-state index >= 15 is 0 Å². The lowest BCUT2D eigenvalue weighted by molar-refractivity contribution is 0.102. The Balaban J connectivity index is 2.17. The standard InChI is InChI=1S/C19H16ClNO3/c1-23-16-11-14-13(9-6-10-15(14)20)18(24-2)17(16)19(22)21-12-7-4-3-5-8-12/h3-11H,1-2H3,(H,21,22). The van der Waals surface area contributed by atoms with E-state index in [-0.39, 0.29) is 5.91 Å². The van der Waals surface area contributed by atoms with Gasteiger partial charge >= 0.3 is 0 Å². The number of carbonyl (C=O) groups excluding carboxylic acids is 1. The van der Waals surface area contributed by atoms with Crippen molar-refractivity contribution in [1.82, 2.24) is 0 Å². The van der Waals surface area contributed by atoms with Crippen molar-refractivity contribution in [3.63, 3.8) is 0 Å². The number of amides is 1. The first-order valence-electron chi connectivity index (χ1n) is 7.35. The third-order valence-corrected chi connectivity index (χ3v) is 4.06. The summed E-state index contributed by atoms with van der Waals surface area (Å²) in [4.78, 5) is 12.8. The number of para-hydroxylation sites is 1. The molecule has 24 heavy (non-hydrogen) atoms. The average Bonchev–Trinajstić information content (AvgIpc) is 2.61. The van der Waals surface area contributed by atoms with E-state index in [0.29, 0.717) is 27.8 Å². The molecule has 3 aromatic carbocycles. The quantitative estimate of drug-likeness (QED) is 0.744. The summed E-state index contributed by atoms with van der Waals surface area (Å²) in [6.07, 6.45) is 0. The number of methoxy groups -OCH3 is 2. The Hall–Kier alpha value is -2.72. The summed E-state index contributed by atoms with van der Waals surface area (Å²) in [5, 5.41) is 4.95. The van der Waals surface area contributed by atoms with Crippen molar-refractivity contribution in [2.45, 2.75) is 0 Å². The van der Waals surface area contributed by atoms with Gasteiger partial charge in [0, 0.05) is 21.5 Å². The van der Waals surface area contributed by atoms with Gasteiger partial charge < -0.3 is 14.8 Å². The Morgan fingerprint density at radius 2 is 1.71 bits per heavy atom. The van der Waals surface area contributed by atoms with E-state index in [2.05, 4.69) is 5.32 Å². The zero-order valence-corrected chi connectivity index (χ0v) is 14.1. The van der Waals surface area contributed by atoms with Crippen molar-refractivity contribution in [2.24, 2.45) is 0 Å². The Labute approximate surface area is 145 Å². The molecular weight excluding hydrogens is 326 g/mol. The molecule has 0 fully saturated rings. The van der Waals surface area contributed by atoms with Gasteiger partial charge in [-0.3, -0.25) is 4.79 Å². The predicted octanol–water partition coefficient (Wildman–Crippen LogP) is 4.76. The summed E-state index contributed by atoms with van der Waals surface area (Å²) in [7, 11) is 3.03. The van der Waals surface area contributed by atoms with Gasteiger partial charge in [-0.15, -0.1) is 0 Å². The minimum absolute atomic E-state index is 0.309. The van der Waals surface area contributed by atoms with Gasteiger partial charge in [0.1, 0.15) is 17.1 Å². The molecule has 0 radical (unpaired) electrons. The fourth-order valence-electron chi connectivity index (χ4n) is 2.63. The first kappa shape index (κ1) is 16.1. The summed E-state index contributed by atoms with van der Waals surface area (Å²) in [5.41, 5.74) is 1.02. The fraction of sp³-hybridized carbons (Fsp3) is 0.105. The number of nitrogens with one attached hydrogen (secondary N) is 1. The lowest BCUT2D eigenvalue weighted by Crippen LogP contribution is -2.14. The largest absolute Gasteiger partial charge is 0.496 e. The van der Waals surface area contributed by atoms with E-state index in [9.17, 15) is 4.79 Å². The second-order valence-electron chi connectivity index (χ2n) is 5.14. The van der Waals surface area contributed by atoms with Gasteiger partial charge in [0.25, 0.3) is 5.91 Å². The fourth-order valence-corrected chi connectivity index (χ4v) is 2.86. The molecule has 4 nitrogen and oxygen atoms in total. The molecule has 1 N–H and O–H groups in total. The molecule has 0 aliphatic heterocycles. The van der Waals surface area contributed by atoms with Crippen LogP contribution in [0.5, 0.6) is 11.5 Å². The van der Waals surface area contributed by atoms with Crippen LogP contribution in [0.4, 0.5) is 5.69 Å². The number of hydrogen-bond acceptors (Lipinski definition) is 3. The number of benzene rings is 3. The van der Waals surface area contributed by atoms with E-state index in [4.69, 9.17) is 21.1 Å². The van der Waals surface area contributed by atoms with Gasteiger partial charge in [-0.25, -0.2) is 0 Å². The van der Waals surface area contributed by atoms with Crippen LogP contribution < -0.4 is 14.8 Å². The Morgan fingerprint density at radius 3 is 2.38 bits per heavy atom. The minimum Gasteiger partial charge on any atom is -0.496 e. The maximum Gasteiger partial charge on any atom is 0.263 e. The molecule has 1 amide bonds. The number of carbonyl (C=O) groups is 1. The predicted molar refractivity (Wildman–Crippen MR) is 96.5 cm³/mol. The molecule has 5 heteroatoms. The minimum atomic E-state index is -0.309. The van der Waals surface area contributed by atoms with Crippen LogP contribution in [0.25, 0.3) is 10.8 Å². The van der Waals surface area contributed by atoms with Crippen molar-refractivity contribution in [2.75, 3.05) is 19.5 Å². The first-order valence-corrected chi connectivity index (χ1v) is 7.73. The lowest BCUT2D eigenvalue weighted by Gasteiger charge is -2.16. The maximum atomic E-state index is 12.8. The Morgan fingerprint density at radius 1 is 0.958 bits per heavy atom. The molecule has 3 aromatic rings. The molecule has 0 bridgehead atoms. The molecular formula is C19H16ClNO3. The highest BCUT2D eigenvalue weighted by molar-refractivity contribution is 6.36. The van der Waals surface area contributed by atoms with Gasteiger partial charge in [-0.05, 0) is 24.3 Å². The number of halogens is 1. The van der Waals surface area contributed by atoms with E-state index in [1.165, 1.54) is 14.2 Å². The van der Waals surface area contributed by atoms with Gasteiger partial charge in [-0.2, -0.15) is 0 Å². The SMILES string of the molecule is COc1cc2c(Cl)cccc2c(OC)c1C(=O)Nc1ccccc1. The van der Waals surface area contributed by atoms with Crippen molar-refractivity contribution in [1.29, 1.82) is 0 Å². The molecule has 3 rings (SSSR count). The third kappa shape index (κ3) is 2.88. The van der Waals surface area contributed by atoms with Crippen molar-refractivity contribution in [3.8, 4) is 11.5 Å². The first-order chi connectivity index (χ1) is 11.7. The monoisotopic (exact) mass is 341 g/mol. The molecule has 0 spiro atoms. The Bertz CT molecular complexity index is 894. The van der Waals surface area contributed by atoms with E-state index < -0.39 is 0 Å². The van der Waals surface area contributed by atoms with Gasteiger partial charge in [0.15, 0.2) is 0 Å². The highest BCUT2D eigenvalue weighted by Gasteiger charge is 2.22.